The maximum absolute atomic E-state index is 14.2. The summed E-state index contributed by atoms with van der Waals surface area (Å²) in [4.78, 5) is 18.0. The fraction of sp³-hybridized carbons (Fsp3) is 0.348. The molecule has 0 unspecified atom stereocenters. The number of benzene rings is 2. The van der Waals surface area contributed by atoms with Crippen LogP contribution < -0.4 is 4.90 Å². The summed E-state index contributed by atoms with van der Waals surface area (Å²) in [5, 5.41) is 4.73. The van der Waals surface area contributed by atoms with Crippen LogP contribution in [-0.4, -0.2) is 40.0 Å². The second-order valence-electron chi connectivity index (χ2n) is 8.43. The van der Waals surface area contributed by atoms with Gasteiger partial charge in [-0.05, 0) is 85.8 Å². The van der Waals surface area contributed by atoms with Gasteiger partial charge in [-0.3, -0.25) is 9.69 Å². The van der Waals surface area contributed by atoms with E-state index in [1.54, 1.807) is 24.0 Å². The van der Waals surface area contributed by atoms with Crippen LogP contribution in [0, 0.1) is 12.7 Å². The number of amides is 1. The number of likely N-dealkylation sites (tertiary alicyclic amines) is 1. The lowest BCUT2D eigenvalue weighted by atomic mass is 9.74. The Morgan fingerprint density at radius 3 is 2.74 bits per heavy atom. The first-order valence-corrected chi connectivity index (χ1v) is 11.5. The third-order valence-electron chi connectivity index (χ3n) is 6.48. The molecule has 8 heteroatoms. The van der Waals surface area contributed by atoms with Crippen molar-refractivity contribution in [3.8, 4) is 0 Å². The Kier molecular flexibility index (Phi) is 5.28. The number of anilines is 1. The maximum atomic E-state index is 14.2. The highest BCUT2D eigenvalue weighted by Crippen LogP contribution is 2.48. The summed E-state index contributed by atoms with van der Waals surface area (Å²) in [5.41, 5.74) is 3.34. The Hall–Kier alpha value is -2.35. The van der Waals surface area contributed by atoms with E-state index in [-0.39, 0.29) is 17.1 Å². The molecule has 0 aliphatic carbocycles. The van der Waals surface area contributed by atoms with Crippen molar-refractivity contribution in [3.05, 3.63) is 75.0 Å². The highest BCUT2D eigenvalue weighted by atomic mass is 35.5. The van der Waals surface area contributed by atoms with Crippen LogP contribution in [0.3, 0.4) is 0 Å². The summed E-state index contributed by atoms with van der Waals surface area (Å²) >= 11 is 7.25. The van der Waals surface area contributed by atoms with Gasteiger partial charge in [0, 0.05) is 29.2 Å². The molecule has 2 aromatic carbocycles. The Bertz CT molecular complexity index is 1140. The van der Waals surface area contributed by atoms with Crippen molar-refractivity contribution in [2.75, 3.05) is 24.5 Å². The quantitative estimate of drug-likeness (QED) is 0.566. The normalized spacial score (nSPS) is 17.8. The standard InChI is InChI=1S/C23H22ClFN4OS/c1-15-21(31-27-26-15)22(30)29-14-23(19-12-18(25)5-6-20(19)29)7-9-28(10-8-23)13-16-3-2-4-17(24)11-16/h2-6,11-12H,7-10,13-14H2,1H3. The summed E-state index contributed by atoms with van der Waals surface area (Å²) in [7, 11) is 0. The average molecular weight is 457 g/mol. The molecule has 3 heterocycles. The lowest BCUT2D eigenvalue weighted by molar-refractivity contribution is 0.0978. The number of carbonyl (C=O) groups is 1. The van der Waals surface area contributed by atoms with E-state index in [0.717, 1.165) is 60.3 Å². The van der Waals surface area contributed by atoms with Crippen molar-refractivity contribution >= 4 is 34.7 Å². The van der Waals surface area contributed by atoms with E-state index in [1.165, 1.54) is 11.6 Å². The summed E-state index contributed by atoms with van der Waals surface area (Å²) < 4.78 is 18.1. The molecule has 160 valence electrons. The monoisotopic (exact) mass is 456 g/mol. The van der Waals surface area contributed by atoms with E-state index < -0.39 is 0 Å². The highest BCUT2D eigenvalue weighted by molar-refractivity contribution is 7.08. The number of hydrogen-bond donors (Lipinski definition) is 0. The fourth-order valence-corrected chi connectivity index (χ4v) is 5.65. The van der Waals surface area contributed by atoms with Gasteiger partial charge in [0.15, 0.2) is 0 Å². The van der Waals surface area contributed by atoms with Crippen LogP contribution >= 0.6 is 23.1 Å². The number of piperidine rings is 1. The number of halogens is 2. The summed E-state index contributed by atoms with van der Waals surface area (Å²) in [6.45, 7) is 4.95. The van der Waals surface area contributed by atoms with E-state index in [0.29, 0.717) is 17.1 Å². The molecule has 5 rings (SSSR count). The van der Waals surface area contributed by atoms with Crippen LogP contribution in [0.5, 0.6) is 0 Å². The smallest absolute Gasteiger partial charge is 0.271 e. The molecule has 2 aliphatic heterocycles. The van der Waals surface area contributed by atoms with E-state index in [9.17, 15) is 9.18 Å². The van der Waals surface area contributed by atoms with Crippen LogP contribution in [0.25, 0.3) is 0 Å². The van der Waals surface area contributed by atoms with Crippen LogP contribution in [0.1, 0.15) is 39.3 Å². The first-order valence-electron chi connectivity index (χ1n) is 10.3. The number of rotatable bonds is 3. The van der Waals surface area contributed by atoms with Crippen molar-refractivity contribution < 1.29 is 9.18 Å². The number of aromatic nitrogens is 2. The largest absolute Gasteiger partial charge is 0.306 e. The summed E-state index contributed by atoms with van der Waals surface area (Å²) in [6.07, 6.45) is 1.74. The van der Waals surface area contributed by atoms with Gasteiger partial charge in [-0.15, -0.1) is 5.10 Å². The van der Waals surface area contributed by atoms with Gasteiger partial charge in [-0.2, -0.15) is 0 Å². The van der Waals surface area contributed by atoms with Gasteiger partial charge in [-0.1, -0.05) is 28.2 Å². The second kappa shape index (κ2) is 7.97. The third-order valence-corrected chi connectivity index (χ3v) is 7.53. The molecule has 1 saturated heterocycles. The molecule has 0 N–H and O–H groups in total. The van der Waals surface area contributed by atoms with Crippen LogP contribution in [0.4, 0.5) is 10.1 Å². The van der Waals surface area contributed by atoms with Crippen LogP contribution in [0.15, 0.2) is 42.5 Å². The molecule has 5 nitrogen and oxygen atoms in total. The summed E-state index contributed by atoms with van der Waals surface area (Å²) in [6, 6.07) is 12.7. The Morgan fingerprint density at radius 2 is 2.03 bits per heavy atom. The van der Waals surface area contributed by atoms with E-state index in [2.05, 4.69) is 20.6 Å². The first-order chi connectivity index (χ1) is 14.9. The van der Waals surface area contributed by atoms with Gasteiger partial charge in [0.25, 0.3) is 5.91 Å². The molecule has 1 spiro atoms. The molecule has 0 atom stereocenters. The second-order valence-corrected chi connectivity index (χ2v) is 9.62. The van der Waals surface area contributed by atoms with Gasteiger partial charge in [0.05, 0.1) is 5.69 Å². The summed E-state index contributed by atoms with van der Waals surface area (Å²) in [5.74, 6) is -0.358. The molecular formula is C23H22ClFN4OS. The van der Waals surface area contributed by atoms with Crippen molar-refractivity contribution in [1.29, 1.82) is 0 Å². The zero-order chi connectivity index (χ0) is 21.6. The Balaban J connectivity index is 1.39. The van der Waals surface area contributed by atoms with E-state index in [4.69, 9.17) is 11.6 Å². The lowest BCUT2D eigenvalue weighted by Gasteiger charge is -2.40. The molecule has 0 radical (unpaired) electrons. The molecular weight excluding hydrogens is 435 g/mol. The van der Waals surface area contributed by atoms with Crippen molar-refractivity contribution in [3.63, 3.8) is 0 Å². The minimum absolute atomic E-state index is 0.0985. The molecule has 3 aromatic rings. The number of aryl methyl sites for hydroxylation is 1. The first kappa shape index (κ1) is 20.5. The van der Waals surface area contributed by atoms with Crippen molar-refractivity contribution in [1.82, 2.24) is 14.5 Å². The minimum Gasteiger partial charge on any atom is -0.306 e. The van der Waals surface area contributed by atoms with Crippen molar-refractivity contribution in [2.24, 2.45) is 0 Å². The third kappa shape index (κ3) is 3.75. The average Bonchev–Trinajstić information content (AvgIpc) is 3.31. The van der Waals surface area contributed by atoms with E-state index in [1.807, 2.05) is 18.2 Å². The predicted molar refractivity (Wildman–Crippen MR) is 120 cm³/mol. The maximum Gasteiger partial charge on any atom is 0.271 e. The van der Waals surface area contributed by atoms with E-state index >= 15 is 0 Å². The number of nitrogens with zero attached hydrogens (tertiary/aromatic N) is 4. The Morgan fingerprint density at radius 1 is 1.23 bits per heavy atom. The SMILES string of the molecule is Cc1nnsc1C(=O)N1CC2(CCN(Cc3cccc(Cl)c3)CC2)c2cc(F)ccc21. The molecule has 2 aliphatic rings. The molecule has 1 aromatic heterocycles. The molecule has 0 saturated carbocycles. The van der Waals surface area contributed by atoms with Gasteiger partial charge in [-0.25, -0.2) is 4.39 Å². The van der Waals surface area contributed by atoms with Gasteiger partial charge < -0.3 is 4.90 Å². The molecule has 1 amide bonds. The molecule has 31 heavy (non-hydrogen) atoms. The zero-order valence-electron chi connectivity index (χ0n) is 17.1. The zero-order valence-corrected chi connectivity index (χ0v) is 18.7. The minimum atomic E-state index is -0.260. The lowest BCUT2D eigenvalue weighted by Crippen LogP contribution is -2.45. The van der Waals surface area contributed by atoms with Crippen LogP contribution in [0.2, 0.25) is 5.02 Å². The van der Waals surface area contributed by atoms with Gasteiger partial charge in [0.1, 0.15) is 10.7 Å². The van der Waals surface area contributed by atoms with Crippen molar-refractivity contribution in [2.45, 2.75) is 31.7 Å². The van der Waals surface area contributed by atoms with Crippen LogP contribution in [-0.2, 0) is 12.0 Å². The molecule has 1 fully saturated rings. The molecule has 0 bridgehead atoms. The topological polar surface area (TPSA) is 49.3 Å². The Labute approximate surface area is 189 Å². The number of carbonyl (C=O) groups excluding carboxylic acids is 1. The van der Waals surface area contributed by atoms with Gasteiger partial charge >= 0.3 is 0 Å². The van der Waals surface area contributed by atoms with Gasteiger partial charge in [0.2, 0.25) is 0 Å². The number of fused-ring (bicyclic) bond motifs is 2. The highest BCUT2D eigenvalue weighted by Gasteiger charge is 2.47. The number of hydrogen-bond acceptors (Lipinski definition) is 5. The fourth-order valence-electron chi connectivity index (χ4n) is 4.83. The predicted octanol–water partition coefficient (Wildman–Crippen LogP) is 4.83.